The Balaban J connectivity index is 2.68. The Kier molecular flexibility index (Phi) is 5.60. The summed E-state index contributed by atoms with van der Waals surface area (Å²) in [5.74, 6) is 0.452. The maximum absolute atomic E-state index is 12.0. The molecule has 1 aromatic heterocycles. The van der Waals surface area contributed by atoms with Gasteiger partial charge in [-0.05, 0) is 37.3 Å². The standard InChI is InChI=1S/C12H22ClN3O3S/c1-9(2)5-6-12(3,17)8-14-20(18,19)10-7-16(4)11(13)15-10/h7,9,14,17H,5-6,8H2,1-4H3. The molecule has 2 N–H and O–H groups in total. The molecule has 6 nitrogen and oxygen atoms in total. The number of nitrogens with zero attached hydrogens (tertiary/aromatic N) is 2. The van der Waals surface area contributed by atoms with Crippen LogP contribution >= 0.6 is 11.6 Å². The lowest BCUT2D eigenvalue weighted by atomic mass is 9.96. The fourth-order valence-corrected chi connectivity index (χ4v) is 2.90. The SMILES string of the molecule is CC(C)CCC(C)(O)CNS(=O)(=O)c1cn(C)c(Cl)n1. The van der Waals surface area contributed by atoms with Crippen LogP contribution in [0.2, 0.25) is 5.28 Å². The van der Waals surface area contributed by atoms with Gasteiger partial charge in [0.1, 0.15) is 0 Å². The van der Waals surface area contributed by atoms with Crippen molar-refractivity contribution in [3.05, 3.63) is 11.5 Å². The molecule has 0 saturated carbocycles. The van der Waals surface area contributed by atoms with Crippen molar-refractivity contribution in [2.45, 2.75) is 44.2 Å². The fraction of sp³-hybridized carbons (Fsp3) is 0.750. The van der Waals surface area contributed by atoms with Gasteiger partial charge >= 0.3 is 0 Å². The average molecular weight is 324 g/mol. The summed E-state index contributed by atoms with van der Waals surface area (Å²) in [7, 11) is -2.16. The lowest BCUT2D eigenvalue weighted by Crippen LogP contribution is -2.40. The number of hydrogen-bond acceptors (Lipinski definition) is 4. The van der Waals surface area contributed by atoms with E-state index in [0.717, 1.165) is 6.42 Å². The highest BCUT2D eigenvalue weighted by Gasteiger charge is 2.26. The predicted molar refractivity (Wildman–Crippen MR) is 78.1 cm³/mol. The first-order valence-electron chi connectivity index (χ1n) is 6.44. The van der Waals surface area contributed by atoms with Crippen LogP contribution in [0.3, 0.4) is 0 Å². The van der Waals surface area contributed by atoms with E-state index in [1.54, 1.807) is 14.0 Å². The summed E-state index contributed by atoms with van der Waals surface area (Å²) in [4.78, 5) is 3.75. The van der Waals surface area contributed by atoms with E-state index < -0.39 is 15.6 Å². The Morgan fingerprint density at radius 1 is 1.55 bits per heavy atom. The average Bonchev–Trinajstić information content (AvgIpc) is 2.66. The molecule has 0 aliphatic carbocycles. The summed E-state index contributed by atoms with van der Waals surface area (Å²) in [6.07, 6.45) is 2.67. The maximum atomic E-state index is 12.0. The smallest absolute Gasteiger partial charge is 0.259 e. The van der Waals surface area contributed by atoms with Crippen molar-refractivity contribution in [2.75, 3.05) is 6.54 Å². The third kappa shape index (κ3) is 5.05. The highest BCUT2D eigenvalue weighted by molar-refractivity contribution is 7.89. The highest BCUT2D eigenvalue weighted by atomic mass is 35.5. The zero-order valence-corrected chi connectivity index (χ0v) is 13.8. The Labute approximate surface area is 125 Å². The molecule has 0 amide bonds. The van der Waals surface area contributed by atoms with E-state index in [2.05, 4.69) is 23.6 Å². The molecule has 8 heteroatoms. The van der Waals surface area contributed by atoms with Crippen molar-refractivity contribution in [1.29, 1.82) is 0 Å². The quantitative estimate of drug-likeness (QED) is 0.797. The third-order valence-electron chi connectivity index (χ3n) is 2.98. The Morgan fingerprint density at radius 3 is 2.60 bits per heavy atom. The van der Waals surface area contributed by atoms with E-state index in [1.807, 2.05) is 0 Å². The molecule has 1 aromatic rings. The van der Waals surface area contributed by atoms with Crippen LogP contribution in [0.25, 0.3) is 0 Å². The fourth-order valence-electron chi connectivity index (χ4n) is 1.56. The van der Waals surface area contributed by atoms with Gasteiger partial charge in [-0.15, -0.1) is 0 Å². The van der Waals surface area contributed by atoms with Crippen LogP contribution in [-0.4, -0.2) is 35.2 Å². The van der Waals surface area contributed by atoms with Gasteiger partial charge in [-0.2, -0.15) is 0 Å². The summed E-state index contributed by atoms with van der Waals surface area (Å²) in [5, 5.41) is 10.1. The molecule has 0 radical (unpaired) electrons. The van der Waals surface area contributed by atoms with Gasteiger partial charge in [0, 0.05) is 19.8 Å². The van der Waals surface area contributed by atoms with E-state index >= 15 is 0 Å². The van der Waals surface area contributed by atoms with Crippen molar-refractivity contribution in [3.63, 3.8) is 0 Å². The molecular weight excluding hydrogens is 302 g/mol. The minimum Gasteiger partial charge on any atom is -0.389 e. The molecule has 0 aromatic carbocycles. The first-order valence-corrected chi connectivity index (χ1v) is 8.30. The number of sulfonamides is 1. The molecule has 116 valence electrons. The van der Waals surface area contributed by atoms with Crippen LogP contribution in [0.5, 0.6) is 0 Å². The molecule has 0 aliphatic rings. The van der Waals surface area contributed by atoms with Gasteiger partial charge < -0.3 is 9.67 Å². The van der Waals surface area contributed by atoms with Crippen molar-refractivity contribution in [3.8, 4) is 0 Å². The Bertz CT molecular complexity index is 533. The molecular formula is C12H22ClN3O3S. The zero-order valence-electron chi connectivity index (χ0n) is 12.2. The molecule has 0 fully saturated rings. The van der Waals surface area contributed by atoms with Crippen molar-refractivity contribution >= 4 is 21.6 Å². The van der Waals surface area contributed by atoms with Crippen molar-refractivity contribution < 1.29 is 13.5 Å². The van der Waals surface area contributed by atoms with E-state index in [-0.39, 0.29) is 16.9 Å². The number of aliphatic hydroxyl groups is 1. The van der Waals surface area contributed by atoms with Gasteiger partial charge in [-0.3, -0.25) is 0 Å². The zero-order chi connectivity index (χ0) is 15.6. The Hall–Kier alpha value is -0.630. The second kappa shape index (κ2) is 6.43. The summed E-state index contributed by atoms with van der Waals surface area (Å²) >= 11 is 5.72. The summed E-state index contributed by atoms with van der Waals surface area (Å²) in [6, 6.07) is 0. The topological polar surface area (TPSA) is 84.2 Å². The summed E-state index contributed by atoms with van der Waals surface area (Å²) in [6.45, 7) is 5.66. The largest absolute Gasteiger partial charge is 0.389 e. The van der Waals surface area contributed by atoms with Crippen molar-refractivity contribution in [2.24, 2.45) is 13.0 Å². The van der Waals surface area contributed by atoms with Gasteiger partial charge in [-0.25, -0.2) is 18.1 Å². The van der Waals surface area contributed by atoms with E-state index in [9.17, 15) is 13.5 Å². The van der Waals surface area contributed by atoms with Gasteiger partial charge in [0.05, 0.1) is 5.60 Å². The normalized spacial score (nSPS) is 15.6. The van der Waals surface area contributed by atoms with Crippen LogP contribution < -0.4 is 4.72 Å². The van der Waals surface area contributed by atoms with Gasteiger partial charge in [0.15, 0.2) is 5.03 Å². The molecule has 1 unspecified atom stereocenters. The maximum Gasteiger partial charge on any atom is 0.259 e. The molecule has 0 saturated heterocycles. The van der Waals surface area contributed by atoms with Crippen LogP contribution in [0.1, 0.15) is 33.6 Å². The Morgan fingerprint density at radius 2 is 2.15 bits per heavy atom. The third-order valence-corrected chi connectivity index (χ3v) is 4.60. The second-order valence-electron chi connectivity index (χ2n) is 5.71. The van der Waals surface area contributed by atoms with E-state index in [0.29, 0.717) is 12.3 Å². The molecule has 0 bridgehead atoms. The number of aromatic nitrogens is 2. The molecule has 0 aliphatic heterocycles. The first kappa shape index (κ1) is 17.4. The molecule has 0 spiro atoms. The van der Waals surface area contributed by atoms with E-state index in [1.165, 1.54) is 10.8 Å². The predicted octanol–water partition coefficient (Wildman–Crippen LogP) is 1.54. The first-order chi connectivity index (χ1) is 9.03. The lowest BCUT2D eigenvalue weighted by molar-refractivity contribution is 0.0506. The number of rotatable bonds is 7. The second-order valence-corrected chi connectivity index (χ2v) is 7.76. The molecule has 1 atom stereocenters. The van der Waals surface area contributed by atoms with Gasteiger partial charge in [-0.1, -0.05) is 13.8 Å². The van der Waals surface area contributed by atoms with Gasteiger partial charge in [0.25, 0.3) is 10.0 Å². The number of imidazole rings is 1. The number of hydrogen-bond donors (Lipinski definition) is 2. The molecule has 1 rings (SSSR count). The summed E-state index contributed by atoms with van der Waals surface area (Å²) in [5.41, 5.74) is -1.09. The minimum atomic E-state index is -3.76. The van der Waals surface area contributed by atoms with Crippen molar-refractivity contribution in [1.82, 2.24) is 14.3 Å². The van der Waals surface area contributed by atoms with E-state index in [4.69, 9.17) is 11.6 Å². The lowest BCUT2D eigenvalue weighted by Gasteiger charge is -2.24. The molecule has 1 heterocycles. The molecule has 20 heavy (non-hydrogen) atoms. The number of aryl methyl sites for hydroxylation is 1. The minimum absolute atomic E-state index is 0.0593. The van der Waals surface area contributed by atoms with Crippen LogP contribution in [-0.2, 0) is 17.1 Å². The number of nitrogens with one attached hydrogen (secondary N) is 1. The van der Waals surface area contributed by atoms with Crippen LogP contribution in [0, 0.1) is 5.92 Å². The monoisotopic (exact) mass is 323 g/mol. The van der Waals surface area contributed by atoms with Crippen LogP contribution in [0.15, 0.2) is 11.2 Å². The summed E-state index contributed by atoms with van der Waals surface area (Å²) < 4.78 is 27.8. The number of halogens is 1. The van der Waals surface area contributed by atoms with Gasteiger partial charge in [0.2, 0.25) is 5.28 Å². The highest BCUT2D eigenvalue weighted by Crippen LogP contribution is 2.17. The van der Waals surface area contributed by atoms with Crippen LogP contribution in [0.4, 0.5) is 0 Å².